The van der Waals surface area contributed by atoms with E-state index in [9.17, 15) is 17.2 Å². The van der Waals surface area contributed by atoms with Gasteiger partial charge in [0.2, 0.25) is 9.84 Å². The van der Waals surface area contributed by atoms with Gasteiger partial charge < -0.3 is 4.84 Å². The molecule has 0 bridgehead atoms. The SMILES string of the molecule is CC1(C)CC(S(=O)(=O)C(Cl)(Cl)c2c(F)cccc2F)=NO1. The Morgan fingerprint density at radius 3 is 2.24 bits per heavy atom. The van der Waals surface area contributed by atoms with Crippen molar-refractivity contribution < 1.29 is 22.0 Å². The summed E-state index contributed by atoms with van der Waals surface area (Å²) in [5.41, 5.74) is -1.82. The average Bonchev–Trinajstić information content (AvgIpc) is 2.69. The topological polar surface area (TPSA) is 55.7 Å². The molecule has 1 aliphatic rings. The number of benzene rings is 1. The molecule has 0 aliphatic carbocycles. The van der Waals surface area contributed by atoms with Crippen molar-refractivity contribution in [1.82, 2.24) is 0 Å². The number of nitrogens with zero attached hydrogens (tertiary/aromatic N) is 1. The molecule has 0 fully saturated rings. The number of alkyl halides is 2. The van der Waals surface area contributed by atoms with E-state index in [0.29, 0.717) is 0 Å². The van der Waals surface area contributed by atoms with Crippen LogP contribution < -0.4 is 0 Å². The molecule has 116 valence electrons. The average molecular weight is 358 g/mol. The number of halogens is 4. The Morgan fingerprint density at radius 2 is 1.81 bits per heavy atom. The normalized spacial score (nSPS) is 18.3. The molecule has 1 aliphatic heterocycles. The number of oxime groups is 1. The van der Waals surface area contributed by atoms with Crippen LogP contribution in [-0.4, -0.2) is 19.1 Å². The molecule has 0 amide bonds. The van der Waals surface area contributed by atoms with Gasteiger partial charge in [-0.25, -0.2) is 17.2 Å². The van der Waals surface area contributed by atoms with E-state index in [2.05, 4.69) is 5.16 Å². The standard InChI is InChI=1S/C12H11Cl2F2NO3S/c1-11(2)6-9(17-20-11)21(18,19)12(13,14)10-7(15)4-3-5-8(10)16/h3-5H,6H2,1-2H3. The summed E-state index contributed by atoms with van der Waals surface area (Å²) in [6.07, 6.45) is -0.105. The second kappa shape index (κ2) is 5.07. The van der Waals surface area contributed by atoms with Crippen molar-refractivity contribution in [2.45, 2.75) is 29.5 Å². The molecule has 0 spiro atoms. The molecule has 4 nitrogen and oxygen atoms in total. The van der Waals surface area contributed by atoms with Crippen LogP contribution in [0.4, 0.5) is 8.78 Å². The minimum atomic E-state index is -4.53. The summed E-state index contributed by atoms with van der Waals surface area (Å²) in [4.78, 5) is 4.93. The highest BCUT2D eigenvalue weighted by atomic mass is 35.5. The Labute approximate surface area is 130 Å². The first kappa shape index (κ1) is 16.5. The molecule has 2 rings (SSSR count). The minimum Gasteiger partial charge on any atom is -0.389 e. The smallest absolute Gasteiger partial charge is 0.254 e. The Kier molecular flexibility index (Phi) is 3.97. The Hall–Kier alpha value is -0.920. The van der Waals surface area contributed by atoms with Gasteiger partial charge in [-0.3, -0.25) is 0 Å². The van der Waals surface area contributed by atoms with Crippen LogP contribution in [-0.2, 0) is 18.3 Å². The van der Waals surface area contributed by atoms with Crippen LogP contribution in [0.1, 0.15) is 25.8 Å². The zero-order valence-corrected chi connectivity index (χ0v) is 13.4. The second-order valence-electron chi connectivity index (χ2n) is 5.13. The van der Waals surface area contributed by atoms with Crippen molar-refractivity contribution in [1.29, 1.82) is 0 Å². The molecule has 1 aromatic rings. The summed E-state index contributed by atoms with van der Waals surface area (Å²) in [5, 5.41) is 2.97. The molecule has 0 saturated carbocycles. The molecular weight excluding hydrogens is 347 g/mol. The van der Waals surface area contributed by atoms with Gasteiger partial charge in [-0.1, -0.05) is 34.4 Å². The zero-order valence-electron chi connectivity index (χ0n) is 11.0. The van der Waals surface area contributed by atoms with Gasteiger partial charge >= 0.3 is 0 Å². The van der Waals surface area contributed by atoms with E-state index in [1.165, 1.54) is 0 Å². The largest absolute Gasteiger partial charge is 0.389 e. The van der Waals surface area contributed by atoms with E-state index in [1.54, 1.807) is 13.8 Å². The molecule has 0 aromatic heterocycles. The highest BCUT2D eigenvalue weighted by Gasteiger charge is 2.51. The van der Waals surface area contributed by atoms with Crippen molar-refractivity contribution in [2.24, 2.45) is 5.16 Å². The Morgan fingerprint density at radius 1 is 1.29 bits per heavy atom. The first-order valence-electron chi connectivity index (χ1n) is 5.81. The number of hydrogen-bond acceptors (Lipinski definition) is 4. The maximum atomic E-state index is 13.8. The van der Waals surface area contributed by atoms with E-state index < -0.39 is 41.3 Å². The maximum absolute atomic E-state index is 13.8. The fourth-order valence-corrected chi connectivity index (χ4v) is 4.13. The molecule has 0 atom stereocenters. The third kappa shape index (κ3) is 2.74. The van der Waals surface area contributed by atoms with Crippen LogP contribution in [0.3, 0.4) is 0 Å². The highest BCUT2D eigenvalue weighted by molar-refractivity contribution is 8.09. The number of hydrogen-bond donors (Lipinski definition) is 0. The molecule has 1 aromatic carbocycles. The Bertz CT molecular complexity index is 697. The zero-order chi connectivity index (χ0) is 16.1. The lowest BCUT2D eigenvalue weighted by Crippen LogP contribution is -2.33. The molecule has 21 heavy (non-hydrogen) atoms. The van der Waals surface area contributed by atoms with Gasteiger partial charge in [0.25, 0.3) is 3.67 Å². The van der Waals surface area contributed by atoms with Crippen LogP contribution in [0.25, 0.3) is 0 Å². The fourth-order valence-electron chi connectivity index (χ4n) is 1.81. The molecular formula is C12H11Cl2F2NO3S. The summed E-state index contributed by atoms with van der Waals surface area (Å²) in [6, 6.07) is 2.80. The van der Waals surface area contributed by atoms with Crippen LogP contribution in [0.2, 0.25) is 0 Å². The van der Waals surface area contributed by atoms with Crippen molar-refractivity contribution in [2.75, 3.05) is 0 Å². The van der Waals surface area contributed by atoms with Gasteiger partial charge in [0.05, 0.1) is 5.56 Å². The maximum Gasteiger partial charge on any atom is 0.254 e. The summed E-state index contributed by atoms with van der Waals surface area (Å²) >= 11 is 11.6. The highest BCUT2D eigenvalue weighted by Crippen LogP contribution is 2.45. The number of sulfone groups is 1. The van der Waals surface area contributed by atoms with Crippen LogP contribution in [0, 0.1) is 11.6 Å². The lowest BCUT2D eigenvalue weighted by Gasteiger charge is -2.21. The second-order valence-corrected chi connectivity index (χ2v) is 9.00. The summed E-state index contributed by atoms with van der Waals surface area (Å²) in [6.45, 7) is 3.21. The predicted octanol–water partition coefficient (Wildman–Crippen LogP) is 3.48. The van der Waals surface area contributed by atoms with Crippen LogP contribution in [0.15, 0.2) is 23.4 Å². The summed E-state index contributed by atoms with van der Waals surface area (Å²) in [5.74, 6) is -2.33. The molecule has 1 heterocycles. The van der Waals surface area contributed by atoms with Gasteiger partial charge in [-0.15, -0.1) is 0 Å². The molecule has 0 radical (unpaired) electrons. The van der Waals surface area contributed by atoms with Gasteiger partial charge in [-0.2, -0.15) is 0 Å². The van der Waals surface area contributed by atoms with Crippen LogP contribution >= 0.6 is 23.2 Å². The monoisotopic (exact) mass is 357 g/mol. The first-order valence-corrected chi connectivity index (χ1v) is 8.05. The molecule has 9 heteroatoms. The quantitative estimate of drug-likeness (QED) is 0.761. The lowest BCUT2D eigenvalue weighted by atomic mass is 10.1. The van der Waals surface area contributed by atoms with E-state index in [0.717, 1.165) is 18.2 Å². The van der Waals surface area contributed by atoms with Crippen molar-refractivity contribution in [3.8, 4) is 0 Å². The van der Waals surface area contributed by atoms with E-state index in [-0.39, 0.29) is 6.42 Å². The third-order valence-corrected chi connectivity index (χ3v) is 6.19. The minimum absolute atomic E-state index is 0.105. The Balaban J connectivity index is 2.54. The molecule has 0 unspecified atom stereocenters. The van der Waals surface area contributed by atoms with Crippen molar-refractivity contribution in [3.05, 3.63) is 35.4 Å². The molecule has 0 saturated heterocycles. The van der Waals surface area contributed by atoms with Crippen molar-refractivity contribution >= 4 is 38.1 Å². The lowest BCUT2D eigenvalue weighted by molar-refractivity contribution is 0.0123. The summed E-state index contributed by atoms with van der Waals surface area (Å²) < 4.78 is 49.6. The molecule has 0 N–H and O–H groups in total. The van der Waals surface area contributed by atoms with E-state index in [4.69, 9.17) is 28.0 Å². The van der Waals surface area contributed by atoms with E-state index in [1.807, 2.05) is 0 Å². The van der Waals surface area contributed by atoms with Crippen molar-refractivity contribution in [3.63, 3.8) is 0 Å². The van der Waals surface area contributed by atoms with Gasteiger partial charge in [-0.05, 0) is 26.0 Å². The van der Waals surface area contributed by atoms with E-state index >= 15 is 0 Å². The van der Waals surface area contributed by atoms with Crippen LogP contribution in [0.5, 0.6) is 0 Å². The van der Waals surface area contributed by atoms with Gasteiger partial charge in [0, 0.05) is 6.42 Å². The predicted molar refractivity (Wildman–Crippen MR) is 75.9 cm³/mol. The van der Waals surface area contributed by atoms with Gasteiger partial charge in [0.1, 0.15) is 17.2 Å². The van der Waals surface area contributed by atoms with Gasteiger partial charge in [0.15, 0.2) is 5.04 Å². The first-order chi connectivity index (χ1) is 9.49. The summed E-state index contributed by atoms with van der Waals surface area (Å²) in [7, 11) is -4.53. The number of rotatable bonds is 2. The third-order valence-electron chi connectivity index (χ3n) is 2.87. The fraction of sp³-hybridized carbons (Fsp3) is 0.417.